The summed E-state index contributed by atoms with van der Waals surface area (Å²) in [6, 6.07) is 9.91. The van der Waals surface area contributed by atoms with Crippen molar-refractivity contribution in [3.8, 4) is 17.2 Å². The number of allylic oxidation sites excluding steroid dienone is 2. The van der Waals surface area contributed by atoms with Crippen LogP contribution in [-0.4, -0.2) is 30.4 Å². The molecular weight excluding hydrogens is 717 g/mol. The van der Waals surface area contributed by atoms with Crippen molar-refractivity contribution < 1.29 is 23.8 Å². The lowest BCUT2D eigenvalue weighted by Crippen LogP contribution is -2.11. The Balaban J connectivity index is 0.00000111. The summed E-state index contributed by atoms with van der Waals surface area (Å²) in [6.07, 6.45) is 7.36. The van der Waals surface area contributed by atoms with Gasteiger partial charge in [-0.1, -0.05) is 115 Å². The average molecular weight is 783 g/mol. The standard InChI is InChI=1S/C35H44O4S3.C5H10O.C5H12/c1-12-31-35(41-32-14-13-26(27(36)15-20(2)3)19-28(32)37-21(4)5)42-33(18-25(11)40-31)34-29(38-22(6)7)16-24(10)17-30(34)39-23(8)9;1-5(2)3-4-6;1-4-5(2)3/h12-14,16-23H,1,11,15H2,2-10H3;4-5H,3H2,1-2H3;5H,4H2,1-3H3. The summed E-state index contributed by atoms with van der Waals surface area (Å²) in [5.41, 5.74) is 2.65. The molecule has 2 aromatic rings. The number of hydrogen-bond acceptors (Lipinski definition) is 8. The van der Waals surface area contributed by atoms with E-state index in [0.717, 1.165) is 58.7 Å². The summed E-state index contributed by atoms with van der Waals surface area (Å²) in [6.45, 7) is 37.4. The number of benzene rings is 2. The Kier molecular flexibility index (Phi) is 22.3. The van der Waals surface area contributed by atoms with Crippen LogP contribution in [0, 0.1) is 24.7 Å². The highest BCUT2D eigenvalue weighted by atomic mass is 32.2. The summed E-state index contributed by atoms with van der Waals surface area (Å²) in [5, 5.41) is 0. The number of carbonyl (C=O) groups excluding carboxylic acids is 2. The third-order valence-corrected chi connectivity index (χ3v) is 10.8. The maximum absolute atomic E-state index is 12.9. The molecule has 0 bridgehead atoms. The highest BCUT2D eigenvalue weighted by molar-refractivity contribution is 8.27. The van der Waals surface area contributed by atoms with Crippen LogP contribution in [0.1, 0.15) is 131 Å². The molecule has 0 atom stereocenters. The van der Waals surface area contributed by atoms with E-state index < -0.39 is 0 Å². The fourth-order valence-electron chi connectivity index (χ4n) is 4.41. The second-order valence-corrected chi connectivity index (χ2v) is 18.6. The fourth-order valence-corrected chi connectivity index (χ4v) is 7.93. The van der Waals surface area contributed by atoms with Crippen LogP contribution in [0.2, 0.25) is 0 Å². The molecule has 0 unspecified atom stereocenters. The number of carbonyl (C=O) groups is 2. The Labute approximate surface area is 335 Å². The first kappa shape index (κ1) is 48.2. The van der Waals surface area contributed by atoms with Crippen LogP contribution >= 0.6 is 35.3 Å². The lowest BCUT2D eigenvalue weighted by Gasteiger charge is -2.22. The largest absolute Gasteiger partial charge is 0.490 e. The minimum Gasteiger partial charge on any atom is -0.490 e. The summed E-state index contributed by atoms with van der Waals surface area (Å²) < 4.78 is 20.0. The fraction of sp³-hybridized carbons (Fsp3) is 0.511. The van der Waals surface area contributed by atoms with Gasteiger partial charge in [0, 0.05) is 33.1 Å². The van der Waals surface area contributed by atoms with Gasteiger partial charge in [0.1, 0.15) is 23.5 Å². The molecule has 0 saturated carbocycles. The van der Waals surface area contributed by atoms with Crippen molar-refractivity contribution in [2.75, 3.05) is 0 Å². The van der Waals surface area contributed by atoms with Crippen molar-refractivity contribution in [3.63, 3.8) is 0 Å². The lowest BCUT2D eigenvalue weighted by molar-refractivity contribution is -0.108. The maximum Gasteiger partial charge on any atom is 0.163 e. The molecule has 0 spiro atoms. The lowest BCUT2D eigenvalue weighted by atomic mass is 10.0. The molecule has 53 heavy (non-hydrogen) atoms. The average Bonchev–Trinajstić information content (AvgIpc) is 3.18. The predicted octanol–water partition coefficient (Wildman–Crippen LogP) is 14.4. The van der Waals surface area contributed by atoms with E-state index >= 15 is 0 Å². The van der Waals surface area contributed by atoms with E-state index in [2.05, 4.69) is 72.9 Å². The molecule has 0 aromatic heterocycles. The van der Waals surface area contributed by atoms with Crippen molar-refractivity contribution in [1.29, 1.82) is 0 Å². The molecule has 1 heterocycles. The van der Waals surface area contributed by atoms with Crippen molar-refractivity contribution in [3.05, 3.63) is 86.4 Å². The molecule has 0 N–H and O–H groups in total. The van der Waals surface area contributed by atoms with Crippen molar-refractivity contribution in [1.82, 2.24) is 0 Å². The molecule has 0 radical (unpaired) electrons. The summed E-state index contributed by atoms with van der Waals surface area (Å²) >= 11 is 4.83. The van der Waals surface area contributed by atoms with E-state index in [4.69, 9.17) is 14.2 Å². The highest BCUT2D eigenvalue weighted by Gasteiger charge is 2.25. The minimum atomic E-state index is -0.0434. The van der Waals surface area contributed by atoms with Gasteiger partial charge in [-0.2, -0.15) is 0 Å². The van der Waals surface area contributed by atoms with Crippen molar-refractivity contribution in [2.45, 2.75) is 139 Å². The molecule has 5 nitrogen and oxygen atoms in total. The van der Waals surface area contributed by atoms with Crippen LogP contribution in [0.25, 0.3) is 4.91 Å². The molecule has 8 heteroatoms. The number of aldehydes is 1. The van der Waals surface area contributed by atoms with E-state index in [1.807, 2.05) is 79.7 Å². The van der Waals surface area contributed by atoms with Gasteiger partial charge in [0.15, 0.2) is 5.78 Å². The van der Waals surface area contributed by atoms with Crippen LogP contribution in [0.5, 0.6) is 17.2 Å². The number of thioether (sulfide) groups is 3. The Hall–Kier alpha value is -2.81. The third kappa shape index (κ3) is 18.4. The van der Waals surface area contributed by atoms with Crippen LogP contribution in [0.15, 0.2) is 74.6 Å². The van der Waals surface area contributed by atoms with Gasteiger partial charge in [0.05, 0.1) is 33.0 Å². The van der Waals surface area contributed by atoms with Gasteiger partial charge < -0.3 is 19.0 Å². The monoisotopic (exact) mass is 782 g/mol. The van der Waals surface area contributed by atoms with Crippen LogP contribution in [0.4, 0.5) is 0 Å². The number of rotatable bonds is 16. The Morgan fingerprint density at radius 2 is 1.32 bits per heavy atom. The van der Waals surface area contributed by atoms with Crippen LogP contribution in [0.3, 0.4) is 0 Å². The zero-order chi connectivity index (χ0) is 40.4. The minimum absolute atomic E-state index is 0.00723. The molecule has 1 aliphatic heterocycles. The zero-order valence-electron chi connectivity index (χ0n) is 34.9. The van der Waals surface area contributed by atoms with Crippen molar-refractivity contribution in [2.24, 2.45) is 17.8 Å². The predicted molar refractivity (Wildman–Crippen MR) is 235 cm³/mol. The topological polar surface area (TPSA) is 61.8 Å². The molecule has 0 aliphatic carbocycles. The van der Waals surface area contributed by atoms with E-state index in [1.165, 1.54) is 6.42 Å². The highest BCUT2D eigenvalue weighted by Crippen LogP contribution is 2.55. The number of ether oxygens (including phenoxy) is 3. The molecular formula is C45H66O5S3. The summed E-state index contributed by atoms with van der Waals surface area (Å²) in [4.78, 5) is 26.3. The van der Waals surface area contributed by atoms with Crippen LogP contribution in [-0.2, 0) is 4.79 Å². The second-order valence-electron chi connectivity index (χ2n) is 15.1. The Bertz CT molecular complexity index is 1530. The number of ketones is 1. The van der Waals surface area contributed by atoms with Gasteiger partial charge in [-0.3, -0.25) is 4.79 Å². The number of hydrogen-bond donors (Lipinski definition) is 0. The summed E-state index contributed by atoms with van der Waals surface area (Å²) in [7, 11) is 0. The Morgan fingerprint density at radius 3 is 1.74 bits per heavy atom. The normalized spacial score (nSPS) is 13.1. The third-order valence-electron chi connectivity index (χ3n) is 7.11. The van der Waals surface area contributed by atoms with E-state index in [-0.39, 0.29) is 30.0 Å². The van der Waals surface area contributed by atoms with E-state index in [0.29, 0.717) is 30.1 Å². The van der Waals surface area contributed by atoms with Gasteiger partial charge in [-0.25, -0.2) is 0 Å². The van der Waals surface area contributed by atoms with Gasteiger partial charge >= 0.3 is 0 Å². The first-order valence-electron chi connectivity index (χ1n) is 18.9. The first-order valence-corrected chi connectivity index (χ1v) is 21.3. The molecule has 0 fully saturated rings. The van der Waals surface area contributed by atoms with E-state index in [1.54, 1.807) is 35.3 Å². The first-order chi connectivity index (χ1) is 24.8. The van der Waals surface area contributed by atoms with Crippen LogP contribution < -0.4 is 14.2 Å². The molecule has 0 amide bonds. The quantitative estimate of drug-likeness (QED) is 0.123. The number of aryl methyl sites for hydroxylation is 1. The molecule has 2 aromatic carbocycles. The Morgan fingerprint density at radius 1 is 0.792 bits per heavy atom. The smallest absolute Gasteiger partial charge is 0.163 e. The number of Topliss-reactive ketones (excluding diaryl/α,β-unsaturated/α-hetero) is 1. The zero-order valence-corrected chi connectivity index (χ0v) is 37.3. The van der Waals surface area contributed by atoms with E-state index in [9.17, 15) is 9.59 Å². The van der Waals surface area contributed by atoms with Gasteiger partial charge in [0.2, 0.25) is 0 Å². The van der Waals surface area contributed by atoms with Crippen molar-refractivity contribution >= 4 is 52.3 Å². The SMILES string of the molecule is C=CC1=C(Sc2ccc(C(=O)CC(C)C)cc2OC(C)C)SC(c2c(OC(C)C)cc(C)cc2OC(C)C)=CC(=C)S1.CC(C)CC=O.CCC(C)C. The second kappa shape index (κ2) is 24.6. The summed E-state index contributed by atoms with van der Waals surface area (Å²) in [5.74, 6) is 4.08. The molecule has 3 rings (SSSR count). The van der Waals surface area contributed by atoms with Gasteiger partial charge in [0.25, 0.3) is 0 Å². The molecule has 0 saturated heterocycles. The molecule has 294 valence electrons. The maximum atomic E-state index is 12.9. The van der Waals surface area contributed by atoms with Gasteiger partial charge in [-0.05, 0) is 102 Å². The van der Waals surface area contributed by atoms with Gasteiger partial charge in [-0.15, -0.1) is 0 Å². The molecule has 1 aliphatic rings.